The van der Waals surface area contributed by atoms with Gasteiger partial charge in [0.1, 0.15) is 0 Å². The lowest BCUT2D eigenvalue weighted by Gasteiger charge is -2.23. The lowest BCUT2D eigenvalue weighted by atomic mass is 10.3. The summed E-state index contributed by atoms with van der Waals surface area (Å²) in [7, 11) is 6.73. The van der Waals surface area contributed by atoms with Crippen molar-refractivity contribution < 1.29 is 4.48 Å². The lowest BCUT2D eigenvalue weighted by molar-refractivity contribution is -0.870. The minimum absolute atomic E-state index is 1.08. The number of hydrogen-bond donors (Lipinski definition) is 1. The quantitative estimate of drug-likeness (QED) is 0.454. The highest BCUT2D eigenvalue weighted by Gasteiger charge is 2.04. The predicted octanol–water partition coefficient (Wildman–Crippen LogP) is 1.47. The lowest BCUT2D eigenvalue weighted by Crippen LogP contribution is -2.36. The highest BCUT2D eigenvalue weighted by atomic mass is 15.3. The maximum Gasteiger partial charge on any atom is 0.0792 e. The normalized spacial score (nSPS) is 12.0. The molecule has 0 saturated carbocycles. The van der Waals surface area contributed by atoms with Crippen molar-refractivity contribution in [3.8, 4) is 0 Å². The van der Waals surface area contributed by atoms with Crippen molar-refractivity contribution in [1.29, 1.82) is 0 Å². The molecular weight excluding hydrogens is 148 g/mol. The molecule has 0 unspecified atom stereocenters. The Morgan fingerprint density at radius 3 is 2.08 bits per heavy atom. The third kappa shape index (κ3) is 9.92. The Kier molecular flexibility index (Phi) is 6.39. The fourth-order valence-electron chi connectivity index (χ4n) is 1.11. The zero-order chi connectivity index (χ0) is 9.45. The van der Waals surface area contributed by atoms with E-state index in [4.69, 9.17) is 0 Å². The SMILES string of the molecule is CCCCNCCC[N+](C)(C)C. The number of nitrogens with zero attached hydrogens (tertiary/aromatic N) is 1. The number of rotatable bonds is 7. The summed E-state index contributed by atoms with van der Waals surface area (Å²) in [5, 5.41) is 3.45. The topological polar surface area (TPSA) is 12.0 Å². The predicted molar refractivity (Wildman–Crippen MR) is 55.3 cm³/mol. The van der Waals surface area contributed by atoms with Crippen LogP contribution in [0, 0.1) is 0 Å². The van der Waals surface area contributed by atoms with E-state index in [-0.39, 0.29) is 0 Å². The van der Waals surface area contributed by atoms with Gasteiger partial charge in [0.2, 0.25) is 0 Å². The van der Waals surface area contributed by atoms with Crippen molar-refractivity contribution in [1.82, 2.24) is 5.32 Å². The molecule has 2 heteroatoms. The summed E-state index contributed by atoms with van der Waals surface area (Å²) in [5.41, 5.74) is 0. The molecule has 1 N–H and O–H groups in total. The summed E-state index contributed by atoms with van der Waals surface area (Å²) in [6.45, 7) is 5.86. The summed E-state index contributed by atoms with van der Waals surface area (Å²) in [4.78, 5) is 0. The number of hydrogen-bond acceptors (Lipinski definition) is 1. The maximum absolute atomic E-state index is 3.45. The van der Waals surface area contributed by atoms with Crippen molar-refractivity contribution >= 4 is 0 Å². The molecule has 0 fully saturated rings. The van der Waals surface area contributed by atoms with Crippen LogP contribution in [-0.2, 0) is 0 Å². The molecule has 0 aromatic heterocycles. The highest BCUT2D eigenvalue weighted by Crippen LogP contribution is 1.92. The van der Waals surface area contributed by atoms with Gasteiger partial charge in [-0.25, -0.2) is 0 Å². The van der Waals surface area contributed by atoms with Gasteiger partial charge in [0.25, 0.3) is 0 Å². The summed E-state index contributed by atoms with van der Waals surface area (Å²) < 4.78 is 1.08. The number of unbranched alkanes of at least 4 members (excludes halogenated alkanes) is 1. The van der Waals surface area contributed by atoms with Crippen molar-refractivity contribution in [2.45, 2.75) is 26.2 Å². The molecule has 74 valence electrons. The summed E-state index contributed by atoms with van der Waals surface area (Å²) in [6.07, 6.45) is 3.89. The molecule has 0 saturated heterocycles. The summed E-state index contributed by atoms with van der Waals surface area (Å²) in [6, 6.07) is 0. The zero-order valence-corrected chi connectivity index (χ0v) is 9.19. The molecule has 0 amide bonds. The first-order chi connectivity index (χ1) is 5.56. The molecule has 0 aliphatic carbocycles. The van der Waals surface area contributed by atoms with Gasteiger partial charge in [-0.3, -0.25) is 0 Å². The molecule has 0 aromatic rings. The van der Waals surface area contributed by atoms with Crippen molar-refractivity contribution in [2.75, 3.05) is 40.8 Å². The van der Waals surface area contributed by atoms with Crippen molar-refractivity contribution in [3.05, 3.63) is 0 Å². The van der Waals surface area contributed by atoms with Crippen molar-refractivity contribution in [3.63, 3.8) is 0 Å². The second-order valence-electron chi connectivity index (χ2n) is 4.47. The van der Waals surface area contributed by atoms with Crippen LogP contribution < -0.4 is 5.32 Å². The molecule has 0 spiro atoms. The van der Waals surface area contributed by atoms with E-state index in [0.717, 1.165) is 4.48 Å². The van der Waals surface area contributed by atoms with E-state index in [0.29, 0.717) is 0 Å². The minimum Gasteiger partial charge on any atom is -0.331 e. The second kappa shape index (κ2) is 6.44. The van der Waals surface area contributed by atoms with Crippen LogP contribution in [-0.4, -0.2) is 45.3 Å². The molecular formula is C10H25N2+. The van der Waals surface area contributed by atoms with Gasteiger partial charge < -0.3 is 9.80 Å². The Morgan fingerprint density at radius 2 is 1.58 bits per heavy atom. The monoisotopic (exact) mass is 173 g/mol. The van der Waals surface area contributed by atoms with Crippen LogP contribution in [0.2, 0.25) is 0 Å². The van der Waals surface area contributed by atoms with Crippen LogP contribution in [0.5, 0.6) is 0 Å². The Labute approximate surface area is 77.5 Å². The highest BCUT2D eigenvalue weighted by molar-refractivity contribution is 4.46. The maximum atomic E-state index is 3.45. The third-order valence-corrected chi connectivity index (χ3v) is 1.89. The molecule has 0 heterocycles. The van der Waals surface area contributed by atoms with Gasteiger partial charge >= 0.3 is 0 Å². The first kappa shape index (κ1) is 11.9. The largest absolute Gasteiger partial charge is 0.331 e. The average Bonchev–Trinajstić information content (AvgIpc) is 1.94. The van der Waals surface area contributed by atoms with Crippen LogP contribution in [0.15, 0.2) is 0 Å². The Balaban J connectivity index is 3.01. The first-order valence-electron chi connectivity index (χ1n) is 5.07. The fourth-order valence-corrected chi connectivity index (χ4v) is 1.11. The molecule has 0 bridgehead atoms. The minimum atomic E-state index is 1.08. The number of quaternary nitrogens is 1. The number of nitrogens with one attached hydrogen (secondary N) is 1. The van der Waals surface area contributed by atoms with Gasteiger partial charge in [0, 0.05) is 13.0 Å². The molecule has 0 radical (unpaired) electrons. The summed E-state index contributed by atoms with van der Waals surface area (Å²) >= 11 is 0. The van der Waals surface area contributed by atoms with Gasteiger partial charge in [-0.2, -0.15) is 0 Å². The molecule has 12 heavy (non-hydrogen) atoms. The van der Waals surface area contributed by atoms with E-state index >= 15 is 0 Å². The van der Waals surface area contributed by atoms with Crippen LogP contribution in [0.1, 0.15) is 26.2 Å². The van der Waals surface area contributed by atoms with E-state index < -0.39 is 0 Å². The molecule has 0 aliphatic heterocycles. The van der Waals surface area contributed by atoms with E-state index in [1.165, 1.54) is 38.9 Å². The molecule has 0 atom stereocenters. The van der Waals surface area contributed by atoms with Crippen molar-refractivity contribution in [2.24, 2.45) is 0 Å². The van der Waals surface area contributed by atoms with Crippen LogP contribution >= 0.6 is 0 Å². The molecule has 0 rings (SSSR count). The summed E-state index contributed by atoms with van der Waals surface area (Å²) in [5.74, 6) is 0. The van der Waals surface area contributed by atoms with E-state index in [2.05, 4.69) is 33.4 Å². The smallest absolute Gasteiger partial charge is 0.0792 e. The van der Waals surface area contributed by atoms with E-state index in [1.54, 1.807) is 0 Å². The Hall–Kier alpha value is -0.0800. The first-order valence-corrected chi connectivity index (χ1v) is 5.07. The molecule has 2 nitrogen and oxygen atoms in total. The molecule has 0 aliphatic rings. The van der Waals surface area contributed by atoms with Crippen LogP contribution in [0.25, 0.3) is 0 Å². The molecule has 0 aromatic carbocycles. The van der Waals surface area contributed by atoms with Gasteiger partial charge in [0.15, 0.2) is 0 Å². The van der Waals surface area contributed by atoms with Gasteiger partial charge in [-0.05, 0) is 13.0 Å². The Bertz CT molecular complexity index is 94.5. The standard InChI is InChI=1S/C10H25N2/c1-5-6-8-11-9-7-10-12(2,3)4/h11H,5-10H2,1-4H3/q+1. The second-order valence-corrected chi connectivity index (χ2v) is 4.47. The average molecular weight is 173 g/mol. The van der Waals surface area contributed by atoms with Gasteiger partial charge in [-0.15, -0.1) is 0 Å². The fraction of sp³-hybridized carbons (Fsp3) is 1.00. The van der Waals surface area contributed by atoms with Gasteiger partial charge in [0.05, 0.1) is 27.7 Å². The van der Waals surface area contributed by atoms with Gasteiger partial charge in [-0.1, -0.05) is 13.3 Å². The van der Waals surface area contributed by atoms with Crippen LogP contribution in [0.3, 0.4) is 0 Å². The Morgan fingerprint density at radius 1 is 1.00 bits per heavy atom. The zero-order valence-electron chi connectivity index (χ0n) is 9.19. The third-order valence-electron chi connectivity index (χ3n) is 1.89. The van der Waals surface area contributed by atoms with E-state index in [1.807, 2.05) is 0 Å². The van der Waals surface area contributed by atoms with E-state index in [9.17, 15) is 0 Å². The van der Waals surface area contributed by atoms with Crippen LogP contribution in [0.4, 0.5) is 0 Å².